The van der Waals surface area contributed by atoms with E-state index in [1.807, 2.05) is 13.8 Å². The summed E-state index contributed by atoms with van der Waals surface area (Å²) in [5.74, 6) is -4.22. The number of aliphatic hydroxyl groups excluding tert-OH is 1. The van der Waals surface area contributed by atoms with Gasteiger partial charge in [0.15, 0.2) is 11.7 Å². The number of ether oxygens (including phenoxy) is 5. The van der Waals surface area contributed by atoms with Crippen molar-refractivity contribution >= 4 is 35.5 Å². The summed E-state index contributed by atoms with van der Waals surface area (Å²) in [6.07, 6.45) is -6.15. The zero-order valence-electron chi connectivity index (χ0n) is 33.8. The molecule has 0 radical (unpaired) electrons. The third kappa shape index (κ3) is 6.68. The predicted octanol–water partition coefficient (Wildman–Crippen LogP) is 3.54. The minimum atomic E-state index is -2.18. The Labute approximate surface area is 326 Å². The largest absolute Gasteiger partial charge is 0.456 e. The van der Waals surface area contributed by atoms with E-state index in [0.29, 0.717) is 12.0 Å². The van der Waals surface area contributed by atoms with Crippen molar-refractivity contribution in [3.63, 3.8) is 0 Å². The van der Waals surface area contributed by atoms with E-state index in [-0.39, 0.29) is 42.2 Å². The first-order chi connectivity index (χ1) is 26.0. The number of benzene rings is 1. The normalized spacial score (nSPS) is 33.8. The lowest BCUT2D eigenvalue weighted by atomic mass is 9.44. The summed E-state index contributed by atoms with van der Waals surface area (Å²) in [5.41, 5.74) is -3.45. The Morgan fingerprint density at radius 3 is 2.32 bits per heavy atom. The van der Waals surface area contributed by atoms with Crippen LogP contribution in [0.4, 0.5) is 4.79 Å². The van der Waals surface area contributed by atoms with E-state index < -0.39 is 99.8 Å². The fourth-order valence-corrected chi connectivity index (χ4v) is 9.71. The fourth-order valence-electron chi connectivity index (χ4n) is 9.71. The number of hydrogen-bond acceptors (Lipinski definition) is 14. The Hall–Kier alpha value is -4.34. The molecule has 3 aliphatic carbocycles. The van der Waals surface area contributed by atoms with Gasteiger partial charge < -0.3 is 44.6 Å². The summed E-state index contributed by atoms with van der Waals surface area (Å²) in [6, 6.07) is 6.56. The average Bonchev–Trinajstić information content (AvgIpc) is 3.42. The highest BCUT2D eigenvalue weighted by molar-refractivity contribution is 6.48. The van der Waals surface area contributed by atoms with Gasteiger partial charge in [-0.1, -0.05) is 52.8 Å². The van der Waals surface area contributed by atoms with Crippen molar-refractivity contribution in [1.82, 2.24) is 10.7 Å². The van der Waals surface area contributed by atoms with Gasteiger partial charge in [0.25, 0.3) is 0 Å². The zero-order valence-corrected chi connectivity index (χ0v) is 33.8. The van der Waals surface area contributed by atoms with Crippen LogP contribution in [0, 0.1) is 22.7 Å². The number of Topliss-reactive ketones (excluding diaryl/α,β-unsaturated/α-hetero) is 1. The topological polar surface area (TPSA) is 208 Å². The highest BCUT2D eigenvalue weighted by Crippen LogP contribution is 2.64. The molecule has 6 rings (SSSR count). The summed E-state index contributed by atoms with van der Waals surface area (Å²) >= 11 is 0. The average molecular weight is 782 g/mol. The standard InChI is InChI=1S/C41H55N3O12/c1-20(2)16-24(42-36(50)56-37(5,6)7)29(46)35(49)53-25-18-41(51)33(54-34(48)23-14-12-11-13-15-23)31-39(10)26(17-27-40(31,19-52-27)55-22(4)45)43-44-32(39)30(47)28(21(25)3)38(41,8)9/h11-15,20,24-27,29,31,33,43,46,51H,16-19H2,1-10H3,(H,42,50)/t24-,25-,26?,27+,29+,31-,33-,39+,40-,41+/m0/s1. The Morgan fingerprint density at radius 2 is 1.75 bits per heavy atom. The van der Waals surface area contributed by atoms with Crippen molar-refractivity contribution in [1.29, 1.82) is 0 Å². The van der Waals surface area contributed by atoms with E-state index in [0.717, 1.165) is 0 Å². The van der Waals surface area contributed by atoms with Gasteiger partial charge in [-0.2, -0.15) is 5.10 Å². The maximum atomic E-state index is 15.1. The van der Waals surface area contributed by atoms with E-state index >= 15 is 4.79 Å². The Balaban J connectivity index is 1.48. The molecule has 306 valence electrons. The minimum absolute atomic E-state index is 0.0694. The Bertz CT molecular complexity index is 1850. The summed E-state index contributed by atoms with van der Waals surface area (Å²) in [5, 5.41) is 32.1. The van der Waals surface area contributed by atoms with Crippen molar-refractivity contribution in [3.05, 3.63) is 47.0 Å². The van der Waals surface area contributed by atoms with Gasteiger partial charge >= 0.3 is 24.0 Å². The van der Waals surface area contributed by atoms with Crippen molar-refractivity contribution in [2.24, 2.45) is 27.8 Å². The summed E-state index contributed by atoms with van der Waals surface area (Å²) in [4.78, 5) is 68.9. The number of nitrogens with zero attached hydrogens (tertiary/aromatic N) is 1. The number of hydrazone groups is 1. The van der Waals surface area contributed by atoms with E-state index in [4.69, 9.17) is 23.7 Å². The number of aliphatic hydroxyl groups is 2. The highest BCUT2D eigenvalue weighted by Gasteiger charge is 2.78. The molecule has 15 nitrogen and oxygen atoms in total. The second kappa shape index (κ2) is 14.2. The quantitative estimate of drug-likeness (QED) is 0.209. The summed E-state index contributed by atoms with van der Waals surface area (Å²) < 4.78 is 30.1. The molecule has 2 saturated carbocycles. The lowest BCUT2D eigenvalue weighted by Gasteiger charge is -2.66. The smallest absolute Gasteiger partial charge is 0.407 e. The van der Waals surface area contributed by atoms with Crippen LogP contribution >= 0.6 is 0 Å². The maximum Gasteiger partial charge on any atom is 0.407 e. The van der Waals surface area contributed by atoms with Crippen molar-refractivity contribution < 1.29 is 57.9 Å². The molecule has 10 atom stereocenters. The number of amides is 1. The van der Waals surface area contributed by atoms with E-state index in [9.17, 15) is 29.4 Å². The van der Waals surface area contributed by atoms with Crippen molar-refractivity contribution in [3.8, 4) is 0 Å². The Kier molecular flexibility index (Phi) is 10.5. The molecule has 1 amide bonds. The summed E-state index contributed by atoms with van der Waals surface area (Å²) in [7, 11) is 0. The summed E-state index contributed by atoms with van der Waals surface area (Å²) in [6.45, 7) is 16.7. The van der Waals surface area contributed by atoms with Crippen molar-refractivity contribution in [2.75, 3.05) is 6.61 Å². The predicted molar refractivity (Wildman–Crippen MR) is 200 cm³/mol. The van der Waals surface area contributed by atoms with Crippen LogP contribution in [-0.4, -0.2) is 106 Å². The molecule has 1 aromatic rings. The van der Waals surface area contributed by atoms with Crippen LogP contribution < -0.4 is 10.7 Å². The van der Waals surface area contributed by atoms with Gasteiger partial charge in [-0.3, -0.25) is 9.59 Å². The number of alkyl carbamates (subject to hydrolysis) is 1. The zero-order chi connectivity index (χ0) is 41.3. The molecule has 2 aliphatic heterocycles. The number of nitrogens with one attached hydrogen (secondary N) is 2. The second-order valence-electron chi connectivity index (χ2n) is 18.1. The van der Waals surface area contributed by atoms with Gasteiger partial charge in [-0.05, 0) is 57.7 Å². The first-order valence-corrected chi connectivity index (χ1v) is 19.2. The molecular formula is C41H55N3O12. The number of ketones is 1. The van der Waals surface area contributed by atoms with Crippen LogP contribution in [0.2, 0.25) is 0 Å². The number of hydrogen-bond donors (Lipinski definition) is 4. The molecule has 0 spiro atoms. The van der Waals surface area contributed by atoms with Crippen LogP contribution in [0.1, 0.15) is 98.9 Å². The molecule has 5 aliphatic rings. The second-order valence-corrected chi connectivity index (χ2v) is 18.1. The molecule has 2 heterocycles. The third-order valence-electron chi connectivity index (χ3n) is 12.4. The first kappa shape index (κ1) is 41.3. The van der Waals surface area contributed by atoms with Crippen LogP contribution in [0.5, 0.6) is 0 Å². The SMILES string of the molecule is CC(=O)O[C@@]12CO[C@@H]1CC1NN=C3C(=O)C4=C(C)[C@@H](OC(=O)[C@H](O)[C@H](CC(C)C)NC(=O)OC(C)(C)C)C[C@@](O)([C@@H](OC(=O)c5ccccc5)[C@H]2[C@]31C)C4(C)C. The van der Waals surface area contributed by atoms with Gasteiger partial charge in [0.2, 0.25) is 5.78 Å². The van der Waals surface area contributed by atoms with E-state index in [1.54, 1.807) is 78.8 Å². The third-order valence-corrected chi connectivity index (χ3v) is 12.4. The number of esters is 3. The monoisotopic (exact) mass is 781 g/mol. The van der Waals surface area contributed by atoms with Crippen molar-refractivity contribution in [2.45, 2.75) is 142 Å². The van der Waals surface area contributed by atoms with Gasteiger partial charge in [0.05, 0.1) is 30.2 Å². The van der Waals surface area contributed by atoms with Gasteiger partial charge in [-0.15, -0.1) is 0 Å². The molecule has 1 unspecified atom stereocenters. The fraction of sp³-hybridized carbons (Fsp3) is 0.659. The molecule has 56 heavy (non-hydrogen) atoms. The molecule has 0 aromatic heterocycles. The lowest BCUT2D eigenvalue weighted by Crippen LogP contribution is -2.81. The maximum absolute atomic E-state index is 15.1. The van der Waals surface area contributed by atoms with Gasteiger partial charge in [0, 0.05) is 36.2 Å². The molecule has 3 fully saturated rings. The number of carbonyl (C=O) groups excluding carboxylic acids is 5. The van der Waals surface area contributed by atoms with Crippen LogP contribution in [0.15, 0.2) is 46.6 Å². The van der Waals surface area contributed by atoms with Crippen LogP contribution in [-0.2, 0) is 38.1 Å². The minimum Gasteiger partial charge on any atom is -0.456 e. The molecule has 4 N–H and O–H groups in total. The highest BCUT2D eigenvalue weighted by atomic mass is 16.6. The molecule has 1 saturated heterocycles. The molecule has 1 aromatic carbocycles. The molecule has 15 heteroatoms. The molecule has 2 bridgehead atoms. The van der Waals surface area contributed by atoms with Gasteiger partial charge in [-0.25, -0.2) is 14.4 Å². The number of rotatable bonds is 9. The first-order valence-electron chi connectivity index (χ1n) is 19.2. The van der Waals surface area contributed by atoms with Gasteiger partial charge in [0.1, 0.15) is 35.2 Å². The van der Waals surface area contributed by atoms with Crippen LogP contribution in [0.3, 0.4) is 0 Å². The van der Waals surface area contributed by atoms with Crippen LogP contribution in [0.25, 0.3) is 0 Å². The number of carbonyl (C=O) groups is 5. The molecular weight excluding hydrogens is 726 g/mol. The number of fused-ring (bicyclic) bond motifs is 4. The lowest BCUT2D eigenvalue weighted by molar-refractivity contribution is -0.329. The van der Waals surface area contributed by atoms with E-state index in [1.165, 1.54) is 6.92 Å². The van der Waals surface area contributed by atoms with E-state index in [2.05, 4.69) is 15.8 Å². The Morgan fingerprint density at radius 1 is 1.09 bits per heavy atom.